The van der Waals surface area contributed by atoms with Crippen molar-refractivity contribution < 1.29 is 9.53 Å². The predicted octanol–water partition coefficient (Wildman–Crippen LogP) is 4.40. The molecule has 0 aliphatic heterocycles. The number of anilines is 1. The standard InChI is InChI=1S/C17H17ClN4O2/c1-17(2,3)24-16(23)21-14-7-8-22-15(20-14)13(10-19-22)11-5-4-6-12(18)9-11/h4-10H,1-3H3,(H,20,21,23). The number of hydrogen-bond acceptors (Lipinski definition) is 4. The lowest BCUT2D eigenvalue weighted by Gasteiger charge is -2.19. The van der Waals surface area contributed by atoms with Crippen molar-refractivity contribution in [3.8, 4) is 11.1 Å². The second-order valence-corrected chi connectivity index (χ2v) is 6.71. The largest absolute Gasteiger partial charge is 0.444 e. The SMILES string of the molecule is CC(C)(C)OC(=O)Nc1ccn2ncc(-c3cccc(Cl)c3)c2n1. The van der Waals surface area contributed by atoms with Crippen LogP contribution in [0.25, 0.3) is 16.8 Å². The van der Waals surface area contributed by atoms with Crippen LogP contribution in [0.3, 0.4) is 0 Å². The van der Waals surface area contributed by atoms with E-state index in [0.29, 0.717) is 16.5 Å². The number of fused-ring (bicyclic) bond motifs is 1. The predicted molar refractivity (Wildman–Crippen MR) is 93.3 cm³/mol. The van der Waals surface area contributed by atoms with Crippen molar-refractivity contribution in [2.24, 2.45) is 0 Å². The number of aromatic nitrogens is 3. The number of carbonyl (C=O) groups excluding carboxylic acids is 1. The Hall–Kier alpha value is -2.60. The summed E-state index contributed by atoms with van der Waals surface area (Å²) < 4.78 is 6.87. The number of halogens is 1. The smallest absolute Gasteiger partial charge is 0.413 e. The summed E-state index contributed by atoms with van der Waals surface area (Å²) in [5.74, 6) is 0.389. The van der Waals surface area contributed by atoms with Gasteiger partial charge in [-0.25, -0.2) is 14.3 Å². The molecule has 0 bridgehead atoms. The van der Waals surface area contributed by atoms with E-state index in [9.17, 15) is 4.79 Å². The molecule has 1 amide bonds. The van der Waals surface area contributed by atoms with E-state index in [1.165, 1.54) is 0 Å². The molecule has 0 saturated heterocycles. The Morgan fingerprint density at radius 2 is 2.08 bits per heavy atom. The van der Waals surface area contributed by atoms with Crippen LogP contribution in [0, 0.1) is 0 Å². The summed E-state index contributed by atoms with van der Waals surface area (Å²) in [6.07, 6.45) is 2.89. The van der Waals surface area contributed by atoms with Crippen LogP contribution in [0.1, 0.15) is 20.8 Å². The number of amides is 1. The molecule has 1 N–H and O–H groups in total. The molecule has 0 fully saturated rings. The highest BCUT2D eigenvalue weighted by molar-refractivity contribution is 6.30. The summed E-state index contributed by atoms with van der Waals surface area (Å²) in [7, 11) is 0. The van der Waals surface area contributed by atoms with Gasteiger partial charge in [0.15, 0.2) is 5.65 Å². The van der Waals surface area contributed by atoms with E-state index >= 15 is 0 Å². The van der Waals surface area contributed by atoms with Gasteiger partial charge in [-0.05, 0) is 44.5 Å². The summed E-state index contributed by atoms with van der Waals surface area (Å²) in [5, 5.41) is 7.54. The highest BCUT2D eigenvalue weighted by Gasteiger charge is 2.17. The van der Waals surface area contributed by atoms with Gasteiger partial charge in [0.1, 0.15) is 11.4 Å². The Balaban J connectivity index is 1.93. The van der Waals surface area contributed by atoms with Crippen LogP contribution in [-0.2, 0) is 4.74 Å². The first-order chi connectivity index (χ1) is 11.3. The lowest BCUT2D eigenvalue weighted by molar-refractivity contribution is 0.0635. The van der Waals surface area contributed by atoms with Crippen LogP contribution in [0.4, 0.5) is 10.6 Å². The first kappa shape index (κ1) is 16.3. The van der Waals surface area contributed by atoms with E-state index in [1.54, 1.807) is 49.8 Å². The number of carbonyl (C=O) groups is 1. The third-order valence-electron chi connectivity index (χ3n) is 3.13. The van der Waals surface area contributed by atoms with E-state index in [1.807, 2.05) is 18.2 Å². The van der Waals surface area contributed by atoms with Gasteiger partial charge in [-0.2, -0.15) is 5.10 Å². The van der Waals surface area contributed by atoms with Crippen molar-refractivity contribution in [1.82, 2.24) is 14.6 Å². The molecule has 0 saturated carbocycles. The van der Waals surface area contributed by atoms with Crippen molar-refractivity contribution in [2.75, 3.05) is 5.32 Å². The third-order valence-corrected chi connectivity index (χ3v) is 3.37. The third kappa shape index (κ3) is 3.65. The van der Waals surface area contributed by atoms with Gasteiger partial charge in [-0.3, -0.25) is 5.32 Å². The summed E-state index contributed by atoms with van der Waals surface area (Å²) in [6, 6.07) is 9.10. The fraction of sp³-hybridized carbons (Fsp3) is 0.235. The minimum atomic E-state index is -0.573. The van der Waals surface area contributed by atoms with Gasteiger partial charge in [-0.1, -0.05) is 23.7 Å². The van der Waals surface area contributed by atoms with Crippen LogP contribution in [0.15, 0.2) is 42.7 Å². The van der Waals surface area contributed by atoms with Gasteiger partial charge < -0.3 is 4.74 Å². The van der Waals surface area contributed by atoms with Crippen LogP contribution in [0.2, 0.25) is 5.02 Å². The average molecular weight is 345 g/mol. The molecule has 3 aromatic rings. The van der Waals surface area contributed by atoms with Crippen LogP contribution >= 0.6 is 11.6 Å². The quantitative estimate of drug-likeness (QED) is 0.748. The molecule has 3 rings (SSSR count). The van der Waals surface area contributed by atoms with Gasteiger partial charge in [0.25, 0.3) is 0 Å². The van der Waals surface area contributed by atoms with Crippen LogP contribution in [0.5, 0.6) is 0 Å². The maximum absolute atomic E-state index is 11.9. The minimum Gasteiger partial charge on any atom is -0.444 e. The van der Waals surface area contributed by atoms with Crippen LogP contribution < -0.4 is 5.32 Å². The molecular weight excluding hydrogens is 328 g/mol. The monoisotopic (exact) mass is 344 g/mol. The molecule has 24 heavy (non-hydrogen) atoms. The maximum Gasteiger partial charge on any atom is 0.413 e. The number of benzene rings is 1. The number of rotatable bonds is 2. The number of nitrogens with zero attached hydrogens (tertiary/aromatic N) is 3. The normalized spacial score (nSPS) is 11.5. The molecule has 0 spiro atoms. The minimum absolute atomic E-state index is 0.389. The second kappa shape index (κ2) is 6.13. The highest BCUT2D eigenvalue weighted by atomic mass is 35.5. The molecule has 124 valence electrons. The first-order valence-electron chi connectivity index (χ1n) is 7.42. The molecule has 2 aromatic heterocycles. The van der Waals surface area contributed by atoms with E-state index < -0.39 is 11.7 Å². The molecule has 0 unspecified atom stereocenters. The van der Waals surface area contributed by atoms with Gasteiger partial charge in [0, 0.05) is 16.8 Å². The van der Waals surface area contributed by atoms with E-state index in [2.05, 4.69) is 15.4 Å². The van der Waals surface area contributed by atoms with E-state index in [-0.39, 0.29) is 0 Å². The highest BCUT2D eigenvalue weighted by Crippen LogP contribution is 2.26. The first-order valence-corrected chi connectivity index (χ1v) is 7.80. The van der Waals surface area contributed by atoms with Crippen molar-refractivity contribution in [3.05, 3.63) is 47.7 Å². The molecule has 0 aliphatic rings. The fourth-order valence-corrected chi connectivity index (χ4v) is 2.40. The maximum atomic E-state index is 11.9. The van der Waals surface area contributed by atoms with Crippen molar-refractivity contribution >= 4 is 29.2 Å². The molecule has 0 atom stereocenters. The second-order valence-electron chi connectivity index (χ2n) is 6.28. The Morgan fingerprint density at radius 1 is 1.29 bits per heavy atom. The molecular formula is C17H17ClN4O2. The number of hydrogen-bond donors (Lipinski definition) is 1. The van der Waals surface area contributed by atoms with E-state index in [4.69, 9.17) is 16.3 Å². The van der Waals surface area contributed by atoms with Gasteiger partial charge in [-0.15, -0.1) is 0 Å². The van der Waals surface area contributed by atoms with Gasteiger partial charge >= 0.3 is 6.09 Å². The molecule has 7 heteroatoms. The zero-order valence-electron chi connectivity index (χ0n) is 13.6. The number of nitrogens with one attached hydrogen (secondary N) is 1. The fourth-order valence-electron chi connectivity index (χ4n) is 2.21. The Labute approximate surface area is 144 Å². The lowest BCUT2D eigenvalue weighted by Crippen LogP contribution is -2.27. The molecule has 1 aromatic carbocycles. The number of ether oxygens (including phenoxy) is 1. The topological polar surface area (TPSA) is 68.5 Å². The van der Waals surface area contributed by atoms with Gasteiger partial charge in [0.2, 0.25) is 0 Å². The Kier molecular flexibility index (Phi) is 4.15. The average Bonchev–Trinajstić information content (AvgIpc) is 2.88. The molecule has 2 heterocycles. The van der Waals surface area contributed by atoms with Crippen LogP contribution in [-0.4, -0.2) is 26.3 Å². The lowest BCUT2D eigenvalue weighted by atomic mass is 10.1. The summed E-state index contributed by atoms with van der Waals surface area (Å²) in [6.45, 7) is 5.41. The van der Waals surface area contributed by atoms with Gasteiger partial charge in [0.05, 0.1) is 6.20 Å². The molecule has 0 aliphatic carbocycles. The van der Waals surface area contributed by atoms with E-state index in [0.717, 1.165) is 11.1 Å². The zero-order valence-corrected chi connectivity index (χ0v) is 14.3. The molecule has 0 radical (unpaired) electrons. The van der Waals surface area contributed by atoms with Crippen molar-refractivity contribution in [2.45, 2.75) is 26.4 Å². The Bertz CT molecular complexity index is 899. The summed E-state index contributed by atoms with van der Waals surface area (Å²) in [4.78, 5) is 16.3. The van der Waals surface area contributed by atoms with Crippen molar-refractivity contribution in [1.29, 1.82) is 0 Å². The summed E-state index contributed by atoms with van der Waals surface area (Å²) in [5.41, 5.74) is 1.77. The summed E-state index contributed by atoms with van der Waals surface area (Å²) >= 11 is 6.05. The Morgan fingerprint density at radius 3 is 2.79 bits per heavy atom. The van der Waals surface area contributed by atoms with Crippen molar-refractivity contribution in [3.63, 3.8) is 0 Å². The molecule has 6 nitrogen and oxygen atoms in total. The zero-order chi connectivity index (χ0) is 17.3.